The number of aromatic nitrogens is 1. The van der Waals surface area contributed by atoms with E-state index < -0.39 is 11.8 Å². The molecule has 2 rings (SSSR count). The second-order valence-electron chi connectivity index (χ2n) is 3.66. The summed E-state index contributed by atoms with van der Waals surface area (Å²) in [5.74, 6) is -1.44. The van der Waals surface area contributed by atoms with Crippen LogP contribution in [0.4, 0.5) is 4.39 Å². The zero-order valence-electron chi connectivity index (χ0n) is 9.14. The van der Waals surface area contributed by atoms with Crippen molar-refractivity contribution < 1.29 is 14.3 Å². The number of nitrogens with zero attached hydrogens (tertiary/aromatic N) is 1. The van der Waals surface area contributed by atoms with E-state index in [1.165, 1.54) is 12.1 Å². The number of carboxylic acids is 1. The number of aryl methyl sites for hydroxylation is 1. The van der Waals surface area contributed by atoms with Gasteiger partial charge in [-0.15, -0.1) is 0 Å². The van der Waals surface area contributed by atoms with Crippen molar-refractivity contribution >= 4 is 22.9 Å². The van der Waals surface area contributed by atoms with Crippen molar-refractivity contribution in [3.8, 4) is 0 Å². The van der Waals surface area contributed by atoms with Crippen LogP contribution in [0.3, 0.4) is 0 Å². The number of hydrogen-bond acceptors (Lipinski definition) is 2. The molecule has 86 valence electrons. The molecule has 0 atom stereocenters. The van der Waals surface area contributed by atoms with Gasteiger partial charge in [0.05, 0.1) is 0 Å². The SMILES string of the molecule is Cc1cc(/C=C/C(=O)O)c2cccc(F)c2n1. The number of halogens is 1. The number of aliphatic carboxylic acids is 1. The van der Waals surface area contributed by atoms with E-state index in [-0.39, 0.29) is 5.52 Å². The number of pyridine rings is 1. The normalized spacial score (nSPS) is 11.2. The molecule has 0 amide bonds. The Morgan fingerprint density at radius 3 is 2.94 bits per heavy atom. The van der Waals surface area contributed by atoms with Gasteiger partial charge in [0.15, 0.2) is 0 Å². The van der Waals surface area contributed by atoms with Crippen LogP contribution in [0.25, 0.3) is 17.0 Å². The predicted octanol–water partition coefficient (Wildman–Crippen LogP) is 2.78. The smallest absolute Gasteiger partial charge is 0.328 e. The summed E-state index contributed by atoms with van der Waals surface area (Å²) >= 11 is 0. The molecule has 1 aromatic carbocycles. The van der Waals surface area contributed by atoms with Gasteiger partial charge in [0.2, 0.25) is 0 Å². The molecule has 0 radical (unpaired) electrons. The van der Waals surface area contributed by atoms with Gasteiger partial charge < -0.3 is 5.11 Å². The largest absolute Gasteiger partial charge is 0.478 e. The van der Waals surface area contributed by atoms with E-state index in [2.05, 4.69) is 4.98 Å². The monoisotopic (exact) mass is 231 g/mol. The van der Waals surface area contributed by atoms with Crippen molar-refractivity contribution in [2.45, 2.75) is 6.92 Å². The maximum absolute atomic E-state index is 13.5. The van der Waals surface area contributed by atoms with Gasteiger partial charge in [-0.1, -0.05) is 12.1 Å². The molecule has 0 saturated carbocycles. The van der Waals surface area contributed by atoms with Crippen molar-refractivity contribution in [3.05, 3.63) is 47.4 Å². The molecule has 0 aliphatic rings. The minimum absolute atomic E-state index is 0.262. The Bertz CT molecular complexity index is 620. The number of rotatable bonds is 2. The predicted molar refractivity (Wildman–Crippen MR) is 63.1 cm³/mol. The fraction of sp³-hybridized carbons (Fsp3) is 0.0769. The lowest BCUT2D eigenvalue weighted by Crippen LogP contribution is -1.92. The van der Waals surface area contributed by atoms with Crippen LogP contribution in [0.5, 0.6) is 0 Å². The third-order valence-corrected chi connectivity index (χ3v) is 2.36. The lowest BCUT2D eigenvalue weighted by atomic mass is 10.1. The third kappa shape index (κ3) is 2.30. The minimum atomic E-state index is -1.04. The molecule has 0 bridgehead atoms. The van der Waals surface area contributed by atoms with Crippen molar-refractivity contribution in [1.29, 1.82) is 0 Å². The van der Waals surface area contributed by atoms with Gasteiger partial charge in [-0.3, -0.25) is 4.98 Å². The molecule has 17 heavy (non-hydrogen) atoms. The number of fused-ring (bicyclic) bond motifs is 1. The van der Waals surface area contributed by atoms with E-state index in [4.69, 9.17) is 5.11 Å². The zero-order chi connectivity index (χ0) is 12.4. The summed E-state index contributed by atoms with van der Waals surface area (Å²) in [6, 6.07) is 6.35. The first-order chi connectivity index (χ1) is 8.08. The fourth-order valence-corrected chi connectivity index (χ4v) is 1.67. The molecule has 1 N–H and O–H groups in total. The molecule has 0 spiro atoms. The Hall–Kier alpha value is -2.23. The number of carboxylic acid groups (broad SMARTS) is 1. The summed E-state index contributed by atoms with van der Waals surface area (Å²) in [6.07, 6.45) is 2.47. The highest BCUT2D eigenvalue weighted by Crippen LogP contribution is 2.21. The highest BCUT2D eigenvalue weighted by atomic mass is 19.1. The first-order valence-electron chi connectivity index (χ1n) is 5.05. The Kier molecular flexibility index (Phi) is 2.87. The van der Waals surface area contributed by atoms with Gasteiger partial charge in [-0.05, 0) is 30.7 Å². The Morgan fingerprint density at radius 2 is 2.24 bits per heavy atom. The molecule has 1 aromatic heterocycles. The molecule has 2 aromatic rings. The van der Waals surface area contributed by atoms with Crippen LogP contribution in [0, 0.1) is 12.7 Å². The summed E-state index contributed by atoms with van der Waals surface area (Å²) in [4.78, 5) is 14.6. The molecule has 0 aliphatic carbocycles. The summed E-state index contributed by atoms with van der Waals surface area (Å²) in [7, 11) is 0. The fourth-order valence-electron chi connectivity index (χ4n) is 1.67. The number of hydrogen-bond donors (Lipinski definition) is 1. The number of para-hydroxylation sites is 1. The minimum Gasteiger partial charge on any atom is -0.478 e. The molecule has 0 unspecified atom stereocenters. The van der Waals surface area contributed by atoms with Crippen LogP contribution in [0.15, 0.2) is 30.3 Å². The van der Waals surface area contributed by atoms with E-state index in [1.807, 2.05) is 0 Å². The average molecular weight is 231 g/mol. The Balaban J connectivity index is 2.70. The number of benzene rings is 1. The molecule has 3 nitrogen and oxygen atoms in total. The van der Waals surface area contributed by atoms with E-state index in [0.29, 0.717) is 16.6 Å². The summed E-state index contributed by atoms with van der Waals surface area (Å²) in [5, 5.41) is 9.20. The molecular formula is C13H10FNO2. The quantitative estimate of drug-likeness (QED) is 0.808. The molecule has 1 heterocycles. The van der Waals surface area contributed by atoms with E-state index in [1.54, 1.807) is 25.1 Å². The van der Waals surface area contributed by atoms with Gasteiger partial charge in [-0.25, -0.2) is 9.18 Å². The van der Waals surface area contributed by atoms with Crippen molar-refractivity contribution in [3.63, 3.8) is 0 Å². The molecule has 0 aliphatic heterocycles. The van der Waals surface area contributed by atoms with E-state index in [0.717, 1.165) is 6.08 Å². The van der Waals surface area contributed by atoms with E-state index >= 15 is 0 Å². The van der Waals surface area contributed by atoms with Crippen molar-refractivity contribution in [1.82, 2.24) is 4.98 Å². The van der Waals surface area contributed by atoms with Gasteiger partial charge in [0.1, 0.15) is 11.3 Å². The maximum atomic E-state index is 13.5. The van der Waals surface area contributed by atoms with Crippen LogP contribution >= 0.6 is 0 Å². The van der Waals surface area contributed by atoms with Crippen molar-refractivity contribution in [2.24, 2.45) is 0 Å². The number of carbonyl (C=O) groups is 1. The molecule has 4 heteroatoms. The Morgan fingerprint density at radius 1 is 1.47 bits per heavy atom. The highest BCUT2D eigenvalue weighted by Gasteiger charge is 2.06. The first kappa shape index (κ1) is 11.3. The van der Waals surface area contributed by atoms with E-state index in [9.17, 15) is 9.18 Å². The summed E-state index contributed by atoms with van der Waals surface area (Å²) < 4.78 is 13.5. The Labute approximate surface area is 97.2 Å². The summed E-state index contributed by atoms with van der Waals surface area (Å²) in [6.45, 7) is 1.74. The van der Waals surface area contributed by atoms with Crippen LogP contribution < -0.4 is 0 Å². The second kappa shape index (κ2) is 4.33. The van der Waals surface area contributed by atoms with Crippen molar-refractivity contribution in [2.75, 3.05) is 0 Å². The standard InChI is InChI=1S/C13H10FNO2/c1-8-7-9(5-6-12(16)17)10-3-2-4-11(14)13(10)15-8/h2-7H,1H3,(H,16,17)/b6-5+. The molecule has 0 fully saturated rings. The topological polar surface area (TPSA) is 50.2 Å². The van der Waals surface area contributed by atoms with Crippen LogP contribution in [-0.2, 0) is 4.79 Å². The molecule has 0 saturated heterocycles. The lowest BCUT2D eigenvalue weighted by molar-refractivity contribution is -0.131. The first-order valence-corrected chi connectivity index (χ1v) is 5.05. The molecular weight excluding hydrogens is 221 g/mol. The average Bonchev–Trinajstić information content (AvgIpc) is 2.27. The van der Waals surface area contributed by atoms with Crippen LogP contribution in [-0.4, -0.2) is 16.1 Å². The highest BCUT2D eigenvalue weighted by molar-refractivity contribution is 5.93. The van der Waals surface area contributed by atoms with Gasteiger partial charge >= 0.3 is 5.97 Å². The summed E-state index contributed by atoms with van der Waals surface area (Å²) in [5.41, 5.74) is 1.56. The van der Waals surface area contributed by atoms with Crippen LogP contribution in [0.1, 0.15) is 11.3 Å². The third-order valence-electron chi connectivity index (χ3n) is 2.36. The van der Waals surface area contributed by atoms with Gasteiger partial charge in [0, 0.05) is 17.2 Å². The second-order valence-corrected chi connectivity index (χ2v) is 3.66. The maximum Gasteiger partial charge on any atom is 0.328 e. The zero-order valence-corrected chi connectivity index (χ0v) is 9.14. The van der Waals surface area contributed by atoms with Gasteiger partial charge in [-0.2, -0.15) is 0 Å². The van der Waals surface area contributed by atoms with Crippen LogP contribution in [0.2, 0.25) is 0 Å². The lowest BCUT2D eigenvalue weighted by Gasteiger charge is -2.04. The van der Waals surface area contributed by atoms with Gasteiger partial charge in [0.25, 0.3) is 0 Å².